The molecule has 0 aliphatic heterocycles. The molecule has 0 radical (unpaired) electrons. The van der Waals surface area contributed by atoms with E-state index in [4.69, 9.17) is 5.73 Å². The molecule has 1 aliphatic rings. The molecule has 0 spiro atoms. The Kier molecular flexibility index (Phi) is 2.93. The molecule has 0 aromatic carbocycles. The molecule has 1 nitrogen and oxygen atoms in total. The summed E-state index contributed by atoms with van der Waals surface area (Å²) in [6.45, 7) is 0.827. The van der Waals surface area contributed by atoms with Crippen molar-refractivity contribution in [2.45, 2.75) is 18.8 Å². The lowest BCUT2D eigenvalue weighted by atomic mass is 10.1. The number of fused-ring (bicyclic) bond motifs is 1. The molecule has 0 saturated heterocycles. The van der Waals surface area contributed by atoms with Gasteiger partial charge in [0.2, 0.25) is 0 Å². The van der Waals surface area contributed by atoms with Gasteiger partial charge in [-0.25, -0.2) is 0 Å². The Bertz CT molecular complexity index is 234. The maximum atomic E-state index is 5.61. The highest BCUT2D eigenvalue weighted by molar-refractivity contribution is 7.10. The van der Waals surface area contributed by atoms with E-state index >= 15 is 0 Å². The molecule has 3 heteroatoms. The minimum atomic E-state index is 0. The molecule has 62 valence electrons. The molecule has 1 aliphatic carbocycles. The van der Waals surface area contributed by atoms with E-state index in [1.54, 1.807) is 10.4 Å². The molecular weight excluding hydrogens is 178 g/mol. The molecule has 11 heavy (non-hydrogen) atoms. The van der Waals surface area contributed by atoms with Gasteiger partial charge in [-0.1, -0.05) is 0 Å². The zero-order chi connectivity index (χ0) is 6.97. The van der Waals surface area contributed by atoms with Crippen molar-refractivity contribution in [2.75, 3.05) is 6.54 Å². The normalized spacial score (nSPS) is 21.0. The van der Waals surface area contributed by atoms with Crippen molar-refractivity contribution in [2.24, 2.45) is 5.73 Å². The zero-order valence-electron chi connectivity index (χ0n) is 6.25. The third kappa shape index (κ3) is 1.43. The van der Waals surface area contributed by atoms with E-state index in [1.165, 1.54) is 12.8 Å². The lowest BCUT2D eigenvalue weighted by molar-refractivity contribution is 0.695. The predicted octanol–water partition coefficient (Wildman–Crippen LogP) is 2.16. The van der Waals surface area contributed by atoms with Gasteiger partial charge in [-0.3, -0.25) is 0 Å². The standard InChI is InChI=1S/C8H11NS.ClH/c9-5-7-2-1-6-3-4-10-8(6)7;/h3-4,7H,1-2,5,9H2;1H. The average molecular weight is 190 g/mol. The Labute approximate surface area is 77.0 Å². The summed E-state index contributed by atoms with van der Waals surface area (Å²) < 4.78 is 0. The fourth-order valence-electron chi connectivity index (χ4n) is 1.60. The molecule has 1 aromatic heterocycles. The van der Waals surface area contributed by atoms with Gasteiger partial charge in [-0.05, 0) is 36.4 Å². The highest BCUT2D eigenvalue weighted by Gasteiger charge is 2.21. The number of nitrogens with two attached hydrogens (primary N) is 1. The van der Waals surface area contributed by atoms with Crippen LogP contribution in [0.15, 0.2) is 11.4 Å². The summed E-state index contributed by atoms with van der Waals surface area (Å²) in [4.78, 5) is 1.54. The average Bonchev–Trinajstić information content (AvgIpc) is 2.44. The number of hydrogen-bond donors (Lipinski definition) is 1. The van der Waals surface area contributed by atoms with Gasteiger partial charge >= 0.3 is 0 Å². The summed E-state index contributed by atoms with van der Waals surface area (Å²) in [5.74, 6) is 0.676. The van der Waals surface area contributed by atoms with Crippen LogP contribution in [0.3, 0.4) is 0 Å². The number of hydrogen-bond acceptors (Lipinski definition) is 2. The van der Waals surface area contributed by atoms with Crippen LogP contribution in [0.4, 0.5) is 0 Å². The first-order chi connectivity index (χ1) is 4.92. The summed E-state index contributed by atoms with van der Waals surface area (Å²) in [6.07, 6.45) is 2.53. The van der Waals surface area contributed by atoms with E-state index in [2.05, 4.69) is 11.4 Å². The third-order valence-electron chi connectivity index (χ3n) is 2.20. The number of halogens is 1. The van der Waals surface area contributed by atoms with Crippen molar-refractivity contribution in [3.63, 3.8) is 0 Å². The molecular formula is C8H12ClNS. The fraction of sp³-hybridized carbons (Fsp3) is 0.500. The molecule has 1 unspecified atom stereocenters. The fourth-order valence-corrected chi connectivity index (χ4v) is 2.70. The monoisotopic (exact) mass is 189 g/mol. The summed E-state index contributed by atoms with van der Waals surface area (Å²) >= 11 is 1.86. The van der Waals surface area contributed by atoms with Crippen LogP contribution in [-0.4, -0.2) is 6.54 Å². The Morgan fingerprint density at radius 3 is 3.18 bits per heavy atom. The van der Waals surface area contributed by atoms with Gasteiger partial charge in [-0.2, -0.15) is 0 Å². The van der Waals surface area contributed by atoms with Gasteiger partial charge < -0.3 is 5.73 Å². The second-order valence-corrected chi connectivity index (χ2v) is 3.73. The van der Waals surface area contributed by atoms with E-state index in [9.17, 15) is 0 Å². The van der Waals surface area contributed by atoms with Crippen molar-refractivity contribution < 1.29 is 0 Å². The van der Waals surface area contributed by atoms with Gasteiger partial charge in [0, 0.05) is 10.8 Å². The van der Waals surface area contributed by atoms with E-state index in [0.717, 1.165) is 6.54 Å². The lowest BCUT2D eigenvalue weighted by Crippen LogP contribution is -2.07. The molecule has 1 heterocycles. The van der Waals surface area contributed by atoms with Crippen LogP contribution < -0.4 is 5.73 Å². The Balaban J connectivity index is 0.000000605. The van der Waals surface area contributed by atoms with E-state index < -0.39 is 0 Å². The van der Waals surface area contributed by atoms with Crippen LogP contribution in [0.25, 0.3) is 0 Å². The third-order valence-corrected chi connectivity index (χ3v) is 3.32. The van der Waals surface area contributed by atoms with Crippen molar-refractivity contribution in [3.8, 4) is 0 Å². The first-order valence-electron chi connectivity index (χ1n) is 3.68. The summed E-state index contributed by atoms with van der Waals surface area (Å²) in [6, 6.07) is 2.23. The van der Waals surface area contributed by atoms with E-state index in [0.29, 0.717) is 5.92 Å². The quantitative estimate of drug-likeness (QED) is 0.720. The molecule has 1 atom stereocenters. The van der Waals surface area contributed by atoms with Crippen LogP contribution in [0.5, 0.6) is 0 Å². The van der Waals surface area contributed by atoms with E-state index in [-0.39, 0.29) is 12.4 Å². The first kappa shape index (κ1) is 9.04. The highest BCUT2D eigenvalue weighted by atomic mass is 35.5. The first-order valence-corrected chi connectivity index (χ1v) is 4.56. The SMILES string of the molecule is Cl.NCC1CCc2ccsc21. The topological polar surface area (TPSA) is 26.0 Å². The summed E-state index contributed by atoms with van der Waals surface area (Å²) in [7, 11) is 0. The highest BCUT2D eigenvalue weighted by Crippen LogP contribution is 2.35. The largest absolute Gasteiger partial charge is 0.330 e. The second-order valence-electron chi connectivity index (χ2n) is 2.78. The van der Waals surface area contributed by atoms with Gasteiger partial charge in [0.15, 0.2) is 0 Å². The summed E-state index contributed by atoms with van der Waals surface area (Å²) in [5.41, 5.74) is 7.16. The smallest absolute Gasteiger partial charge is 0.0121 e. The molecule has 0 bridgehead atoms. The maximum Gasteiger partial charge on any atom is 0.0121 e. The van der Waals surface area contributed by atoms with Crippen molar-refractivity contribution >= 4 is 23.7 Å². The number of aryl methyl sites for hydroxylation is 1. The molecule has 2 rings (SSSR count). The minimum absolute atomic E-state index is 0. The number of thiophene rings is 1. The molecule has 0 amide bonds. The predicted molar refractivity (Wildman–Crippen MR) is 51.7 cm³/mol. The van der Waals surface area contributed by atoms with E-state index in [1.807, 2.05) is 11.3 Å². The lowest BCUT2D eigenvalue weighted by Gasteiger charge is -2.02. The number of rotatable bonds is 1. The van der Waals surface area contributed by atoms with Crippen molar-refractivity contribution in [3.05, 3.63) is 21.9 Å². The summed E-state index contributed by atoms with van der Waals surface area (Å²) in [5, 5.41) is 2.17. The van der Waals surface area contributed by atoms with Crippen molar-refractivity contribution in [1.29, 1.82) is 0 Å². The maximum absolute atomic E-state index is 5.61. The molecule has 2 N–H and O–H groups in total. The van der Waals surface area contributed by atoms with Gasteiger partial charge in [-0.15, -0.1) is 23.7 Å². The van der Waals surface area contributed by atoms with Gasteiger partial charge in [0.1, 0.15) is 0 Å². The van der Waals surface area contributed by atoms with Gasteiger partial charge in [0.25, 0.3) is 0 Å². The van der Waals surface area contributed by atoms with Crippen molar-refractivity contribution in [1.82, 2.24) is 0 Å². The Morgan fingerprint density at radius 1 is 1.64 bits per heavy atom. The van der Waals surface area contributed by atoms with Crippen LogP contribution in [0.2, 0.25) is 0 Å². The Hall–Kier alpha value is -0.0500. The van der Waals surface area contributed by atoms with Crippen LogP contribution in [-0.2, 0) is 6.42 Å². The second kappa shape index (κ2) is 3.57. The van der Waals surface area contributed by atoms with Gasteiger partial charge in [0.05, 0.1) is 0 Å². The molecule has 0 fully saturated rings. The molecule has 0 saturated carbocycles. The Morgan fingerprint density at radius 2 is 2.45 bits per heavy atom. The van der Waals surface area contributed by atoms with Crippen LogP contribution >= 0.6 is 23.7 Å². The minimum Gasteiger partial charge on any atom is -0.330 e. The van der Waals surface area contributed by atoms with Crippen LogP contribution in [0, 0.1) is 0 Å². The molecule has 1 aromatic rings. The van der Waals surface area contributed by atoms with Crippen LogP contribution in [0.1, 0.15) is 22.8 Å². The zero-order valence-corrected chi connectivity index (χ0v) is 7.88.